The summed E-state index contributed by atoms with van der Waals surface area (Å²) in [6.07, 6.45) is 0.248. The summed E-state index contributed by atoms with van der Waals surface area (Å²) in [4.78, 5) is 10.5. The molecule has 1 atom stereocenters. The molecular formula is C14H12ClFN2O2. The highest BCUT2D eigenvalue weighted by atomic mass is 35.5. The molecule has 0 heterocycles. The predicted octanol–water partition coefficient (Wildman–Crippen LogP) is 3.63. The average molecular weight is 295 g/mol. The Morgan fingerprint density at radius 2 is 2.00 bits per heavy atom. The molecule has 4 nitrogen and oxygen atoms in total. The van der Waals surface area contributed by atoms with Gasteiger partial charge in [-0.2, -0.15) is 0 Å². The van der Waals surface area contributed by atoms with Crippen molar-refractivity contribution in [3.8, 4) is 0 Å². The van der Waals surface area contributed by atoms with Crippen molar-refractivity contribution in [2.24, 2.45) is 5.73 Å². The van der Waals surface area contributed by atoms with E-state index in [0.717, 1.165) is 0 Å². The number of nitro groups is 1. The highest BCUT2D eigenvalue weighted by Gasteiger charge is 2.17. The second kappa shape index (κ2) is 5.98. The molecule has 1 unspecified atom stereocenters. The quantitative estimate of drug-likeness (QED) is 0.691. The zero-order chi connectivity index (χ0) is 14.7. The first kappa shape index (κ1) is 14.4. The van der Waals surface area contributed by atoms with Crippen LogP contribution in [0.2, 0.25) is 5.02 Å². The van der Waals surface area contributed by atoms with Gasteiger partial charge in [0, 0.05) is 17.7 Å². The Kier molecular flexibility index (Phi) is 4.32. The number of benzene rings is 2. The van der Waals surface area contributed by atoms with E-state index in [0.29, 0.717) is 11.1 Å². The third-order valence-electron chi connectivity index (χ3n) is 3.00. The van der Waals surface area contributed by atoms with Crippen LogP contribution in [0.25, 0.3) is 0 Å². The standard InChI is InChI=1S/C14H12ClFN2O2/c15-11-6-5-9(7-12(11)16)13(17)8-10-3-1-2-4-14(10)18(19)20/h1-7,13H,8,17H2. The lowest BCUT2D eigenvalue weighted by Crippen LogP contribution is -2.14. The second-order valence-corrected chi connectivity index (χ2v) is 4.78. The van der Waals surface area contributed by atoms with Crippen molar-refractivity contribution in [2.45, 2.75) is 12.5 Å². The SMILES string of the molecule is NC(Cc1ccccc1[N+](=O)[O-])c1ccc(Cl)c(F)c1. The van der Waals surface area contributed by atoms with Gasteiger partial charge in [-0.05, 0) is 24.1 Å². The highest BCUT2D eigenvalue weighted by molar-refractivity contribution is 6.30. The summed E-state index contributed by atoms with van der Waals surface area (Å²) in [5.74, 6) is -0.554. The molecule has 0 aliphatic rings. The lowest BCUT2D eigenvalue weighted by molar-refractivity contribution is -0.385. The molecule has 104 valence electrons. The van der Waals surface area contributed by atoms with Gasteiger partial charge in [-0.1, -0.05) is 35.9 Å². The first-order valence-electron chi connectivity index (χ1n) is 5.92. The molecule has 0 bridgehead atoms. The number of halogens is 2. The van der Waals surface area contributed by atoms with Crippen molar-refractivity contribution in [1.29, 1.82) is 0 Å². The summed E-state index contributed by atoms with van der Waals surface area (Å²) in [6.45, 7) is 0. The number of nitrogens with zero attached hydrogens (tertiary/aromatic N) is 1. The minimum Gasteiger partial charge on any atom is -0.324 e. The van der Waals surface area contributed by atoms with Gasteiger partial charge in [0.15, 0.2) is 0 Å². The predicted molar refractivity (Wildman–Crippen MR) is 75.1 cm³/mol. The van der Waals surface area contributed by atoms with Gasteiger partial charge in [-0.3, -0.25) is 10.1 Å². The molecule has 0 aliphatic heterocycles. The Hall–Kier alpha value is -1.98. The van der Waals surface area contributed by atoms with Crippen LogP contribution in [0.15, 0.2) is 42.5 Å². The van der Waals surface area contributed by atoms with Crippen LogP contribution >= 0.6 is 11.6 Å². The van der Waals surface area contributed by atoms with E-state index < -0.39 is 16.8 Å². The largest absolute Gasteiger partial charge is 0.324 e. The molecule has 0 amide bonds. The Morgan fingerprint density at radius 1 is 1.30 bits per heavy atom. The molecule has 2 aromatic carbocycles. The van der Waals surface area contributed by atoms with Crippen LogP contribution in [-0.4, -0.2) is 4.92 Å². The summed E-state index contributed by atoms with van der Waals surface area (Å²) in [5.41, 5.74) is 7.05. The molecule has 0 fully saturated rings. The Morgan fingerprint density at radius 3 is 2.65 bits per heavy atom. The molecular weight excluding hydrogens is 283 g/mol. The van der Waals surface area contributed by atoms with Crippen LogP contribution in [0, 0.1) is 15.9 Å². The first-order valence-corrected chi connectivity index (χ1v) is 6.29. The van der Waals surface area contributed by atoms with Gasteiger partial charge < -0.3 is 5.73 Å². The van der Waals surface area contributed by atoms with Crippen molar-refractivity contribution in [1.82, 2.24) is 0 Å². The molecule has 0 aromatic heterocycles. The molecule has 2 N–H and O–H groups in total. The maximum atomic E-state index is 13.4. The molecule has 2 aromatic rings. The smallest absolute Gasteiger partial charge is 0.272 e. The minimum absolute atomic E-state index is 0.0115. The van der Waals surface area contributed by atoms with E-state index in [2.05, 4.69) is 0 Å². The fourth-order valence-electron chi connectivity index (χ4n) is 1.96. The maximum Gasteiger partial charge on any atom is 0.272 e. The zero-order valence-corrected chi connectivity index (χ0v) is 11.2. The van der Waals surface area contributed by atoms with Crippen LogP contribution in [0.3, 0.4) is 0 Å². The number of nitrogens with two attached hydrogens (primary N) is 1. The normalized spacial score (nSPS) is 12.2. The van der Waals surface area contributed by atoms with E-state index in [4.69, 9.17) is 17.3 Å². The maximum absolute atomic E-state index is 13.4. The van der Waals surface area contributed by atoms with Crippen LogP contribution in [0.4, 0.5) is 10.1 Å². The zero-order valence-electron chi connectivity index (χ0n) is 10.4. The van der Waals surface area contributed by atoms with Crippen molar-refractivity contribution >= 4 is 17.3 Å². The topological polar surface area (TPSA) is 69.2 Å². The third kappa shape index (κ3) is 3.12. The molecule has 6 heteroatoms. The number of para-hydroxylation sites is 1. The summed E-state index contributed by atoms with van der Waals surface area (Å²) >= 11 is 5.61. The summed E-state index contributed by atoms with van der Waals surface area (Å²) in [6, 6.07) is 10.1. The van der Waals surface area contributed by atoms with E-state index >= 15 is 0 Å². The monoisotopic (exact) mass is 294 g/mol. The minimum atomic E-state index is -0.554. The van der Waals surface area contributed by atoms with Crippen LogP contribution in [-0.2, 0) is 6.42 Å². The Labute approximate surface area is 120 Å². The highest BCUT2D eigenvalue weighted by Crippen LogP contribution is 2.25. The van der Waals surface area contributed by atoms with Crippen molar-refractivity contribution in [3.63, 3.8) is 0 Å². The van der Waals surface area contributed by atoms with Gasteiger partial charge in [0.25, 0.3) is 5.69 Å². The number of rotatable bonds is 4. The van der Waals surface area contributed by atoms with Crippen molar-refractivity contribution < 1.29 is 9.31 Å². The van der Waals surface area contributed by atoms with E-state index in [1.165, 1.54) is 18.2 Å². The average Bonchev–Trinajstić information content (AvgIpc) is 2.42. The fourth-order valence-corrected chi connectivity index (χ4v) is 2.08. The molecule has 20 heavy (non-hydrogen) atoms. The van der Waals surface area contributed by atoms with E-state index in [1.807, 2.05) is 0 Å². The molecule has 0 saturated heterocycles. The molecule has 0 saturated carbocycles. The van der Waals surface area contributed by atoms with E-state index in [-0.39, 0.29) is 17.1 Å². The van der Waals surface area contributed by atoms with Gasteiger partial charge in [-0.15, -0.1) is 0 Å². The molecule has 0 radical (unpaired) electrons. The van der Waals surface area contributed by atoms with Gasteiger partial charge >= 0.3 is 0 Å². The number of hydrogen-bond donors (Lipinski definition) is 1. The van der Waals surface area contributed by atoms with Crippen molar-refractivity contribution in [3.05, 3.63) is 74.5 Å². The van der Waals surface area contributed by atoms with Crippen LogP contribution in [0.1, 0.15) is 17.2 Å². The van der Waals surface area contributed by atoms with Crippen LogP contribution in [0.5, 0.6) is 0 Å². The van der Waals surface area contributed by atoms with Crippen molar-refractivity contribution in [2.75, 3.05) is 0 Å². The number of nitro benzene ring substituents is 1. The lowest BCUT2D eigenvalue weighted by Gasteiger charge is -2.12. The van der Waals surface area contributed by atoms with Gasteiger partial charge in [0.1, 0.15) is 5.82 Å². The molecule has 0 spiro atoms. The fraction of sp³-hybridized carbons (Fsp3) is 0.143. The van der Waals surface area contributed by atoms with Gasteiger partial charge in [0.05, 0.1) is 9.95 Å². The van der Waals surface area contributed by atoms with E-state index in [9.17, 15) is 14.5 Å². The number of hydrogen-bond acceptors (Lipinski definition) is 3. The Balaban J connectivity index is 2.25. The first-order chi connectivity index (χ1) is 9.49. The summed E-state index contributed by atoms with van der Waals surface area (Å²) in [5, 5.41) is 10.9. The van der Waals surface area contributed by atoms with Crippen LogP contribution < -0.4 is 5.73 Å². The van der Waals surface area contributed by atoms with Gasteiger partial charge in [0.2, 0.25) is 0 Å². The third-order valence-corrected chi connectivity index (χ3v) is 3.31. The summed E-state index contributed by atoms with van der Waals surface area (Å²) in [7, 11) is 0. The Bertz CT molecular complexity index is 649. The summed E-state index contributed by atoms with van der Waals surface area (Å²) < 4.78 is 13.4. The van der Waals surface area contributed by atoms with Gasteiger partial charge in [-0.25, -0.2) is 4.39 Å². The lowest BCUT2D eigenvalue weighted by atomic mass is 9.98. The molecule has 0 aliphatic carbocycles. The second-order valence-electron chi connectivity index (χ2n) is 4.37. The van der Waals surface area contributed by atoms with E-state index in [1.54, 1.807) is 24.3 Å². The molecule has 2 rings (SSSR count).